The Labute approximate surface area is 133 Å². The van der Waals surface area contributed by atoms with Gasteiger partial charge in [0, 0.05) is 28.4 Å². The van der Waals surface area contributed by atoms with E-state index in [0.29, 0.717) is 13.0 Å². The number of benzene rings is 1. The molecule has 3 nitrogen and oxygen atoms in total. The molecule has 1 aromatic rings. The highest BCUT2D eigenvalue weighted by Crippen LogP contribution is 2.21. The SMILES string of the molecule is C[C@@H](CN)NC(=O)CCCSc1ccc(Br)cc1.Cl. The third-order valence-corrected chi connectivity index (χ3v) is 4.02. The lowest BCUT2D eigenvalue weighted by molar-refractivity contribution is -0.121. The molecule has 108 valence electrons. The van der Waals surface area contributed by atoms with Gasteiger partial charge < -0.3 is 11.1 Å². The van der Waals surface area contributed by atoms with Crippen molar-refractivity contribution in [3.05, 3.63) is 28.7 Å². The van der Waals surface area contributed by atoms with Crippen LogP contribution in [0.15, 0.2) is 33.6 Å². The Morgan fingerprint density at radius 2 is 2.05 bits per heavy atom. The first-order valence-electron chi connectivity index (χ1n) is 5.99. The van der Waals surface area contributed by atoms with E-state index in [-0.39, 0.29) is 24.4 Å². The molecule has 0 saturated carbocycles. The number of nitrogens with two attached hydrogens (primary N) is 1. The summed E-state index contributed by atoms with van der Waals surface area (Å²) < 4.78 is 1.09. The van der Waals surface area contributed by atoms with Gasteiger partial charge in [0.15, 0.2) is 0 Å². The van der Waals surface area contributed by atoms with E-state index in [0.717, 1.165) is 16.6 Å². The van der Waals surface area contributed by atoms with Crippen molar-refractivity contribution in [2.24, 2.45) is 5.73 Å². The molecule has 0 saturated heterocycles. The molecule has 1 atom stereocenters. The molecule has 0 unspecified atom stereocenters. The van der Waals surface area contributed by atoms with E-state index >= 15 is 0 Å². The highest BCUT2D eigenvalue weighted by molar-refractivity contribution is 9.10. The Bertz CT molecular complexity index is 375. The second-order valence-electron chi connectivity index (χ2n) is 4.11. The lowest BCUT2D eigenvalue weighted by atomic mass is 10.3. The fourth-order valence-electron chi connectivity index (χ4n) is 1.36. The maximum Gasteiger partial charge on any atom is 0.220 e. The van der Waals surface area contributed by atoms with Crippen LogP contribution in [0.2, 0.25) is 0 Å². The summed E-state index contributed by atoms with van der Waals surface area (Å²) in [7, 11) is 0. The van der Waals surface area contributed by atoms with Crippen LogP contribution in [0.5, 0.6) is 0 Å². The van der Waals surface area contributed by atoms with Gasteiger partial charge in [-0.05, 0) is 43.4 Å². The van der Waals surface area contributed by atoms with Crippen LogP contribution in [0, 0.1) is 0 Å². The Kier molecular flexibility index (Phi) is 10.4. The molecule has 0 aliphatic carbocycles. The van der Waals surface area contributed by atoms with Crippen molar-refractivity contribution >= 4 is 46.0 Å². The number of rotatable bonds is 7. The van der Waals surface area contributed by atoms with Gasteiger partial charge >= 0.3 is 0 Å². The standard InChI is InChI=1S/C13H19BrN2OS.ClH/c1-10(9-15)16-13(17)3-2-8-18-12-6-4-11(14)5-7-12;/h4-7,10H,2-3,8-9,15H2,1H3,(H,16,17);1H/t10-;/m0./s1. The van der Waals surface area contributed by atoms with Gasteiger partial charge in [-0.3, -0.25) is 4.79 Å². The molecule has 1 aromatic carbocycles. The summed E-state index contributed by atoms with van der Waals surface area (Å²) >= 11 is 5.17. The Morgan fingerprint density at radius 1 is 1.42 bits per heavy atom. The van der Waals surface area contributed by atoms with Crippen molar-refractivity contribution in [2.45, 2.75) is 30.7 Å². The van der Waals surface area contributed by atoms with Gasteiger partial charge in [-0.1, -0.05) is 15.9 Å². The van der Waals surface area contributed by atoms with E-state index in [1.807, 2.05) is 19.1 Å². The summed E-state index contributed by atoms with van der Waals surface area (Å²) in [4.78, 5) is 12.7. The van der Waals surface area contributed by atoms with E-state index < -0.39 is 0 Å². The minimum absolute atomic E-state index is 0. The number of hydrogen-bond donors (Lipinski definition) is 2. The highest BCUT2D eigenvalue weighted by atomic mass is 79.9. The van der Waals surface area contributed by atoms with Crippen LogP contribution in [0.1, 0.15) is 19.8 Å². The molecule has 0 spiro atoms. The maximum absolute atomic E-state index is 11.5. The third kappa shape index (κ3) is 8.52. The average Bonchev–Trinajstić information content (AvgIpc) is 2.36. The Balaban J connectivity index is 0.00000324. The smallest absolute Gasteiger partial charge is 0.220 e. The zero-order chi connectivity index (χ0) is 13.4. The number of nitrogens with one attached hydrogen (secondary N) is 1. The highest BCUT2D eigenvalue weighted by Gasteiger charge is 2.05. The monoisotopic (exact) mass is 366 g/mol. The lowest BCUT2D eigenvalue weighted by Crippen LogP contribution is -2.37. The molecule has 19 heavy (non-hydrogen) atoms. The first-order chi connectivity index (χ1) is 8.61. The normalized spacial score (nSPS) is 11.5. The quantitative estimate of drug-likeness (QED) is 0.575. The van der Waals surface area contributed by atoms with Gasteiger partial charge in [-0.2, -0.15) is 0 Å². The van der Waals surface area contributed by atoms with E-state index in [4.69, 9.17) is 5.73 Å². The number of carbonyl (C=O) groups excluding carboxylic acids is 1. The fraction of sp³-hybridized carbons (Fsp3) is 0.462. The van der Waals surface area contributed by atoms with Gasteiger partial charge in [0.25, 0.3) is 0 Å². The third-order valence-electron chi connectivity index (χ3n) is 2.39. The zero-order valence-electron chi connectivity index (χ0n) is 10.9. The van der Waals surface area contributed by atoms with Gasteiger partial charge in [0.2, 0.25) is 5.91 Å². The summed E-state index contributed by atoms with van der Waals surface area (Å²) in [5.41, 5.74) is 5.44. The van der Waals surface area contributed by atoms with Crippen LogP contribution in [0.4, 0.5) is 0 Å². The first kappa shape index (κ1) is 18.8. The van der Waals surface area contributed by atoms with Crippen LogP contribution in [-0.4, -0.2) is 24.2 Å². The van der Waals surface area contributed by atoms with Crippen LogP contribution < -0.4 is 11.1 Å². The van der Waals surface area contributed by atoms with Gasteiger partial charge in [0.05, 0.1) is 0 Å². The van der Waals surface area contributed by atoms with Gasteiger partial charge in [-0.25, -0.2) is 0 Å². The minimum atomic E-state index is 0. The number of thioether (sulfide) groups is 1. The maximum atomic E-state index is 11.5. The Morgan fingerprint density at radius 3 is 2.63 bits per heavy atom. The van der Waals surface area contributed by atoms with Crippen molar-refractivity contribution in [2.75, 3.05) is 12.3 Å². The summed E-state index contributed by atoms with van der Waals surface area (Å²) in [6, 6.07) is 8.27. The minimum Gasteiger partial charge on any atom is -0.352 e. The molecule has 0 bridgehead atoms. The van der Waals surface area contributed by atoms with Crippen molar-refractivity contribution in [3.63, 3.8) is 0 Å². The predicted molar refractivity (Wildman–Crippen MR) is 88.0 cm³/mol. The second kappa shape index (κ2) is 10.5. The summed E-state index contributed by atoms with van der Waals surface area (Å²) in [5.74, 6) is 1.04. The molecule has 1 rings (SSSR count). The fourth-order valence-corrected chi connectivity index (χ4v) is 2.48. The molecule has 0 heterocycles. The molecular formula is C13H20BrClN2OS. The largest absolute Gasteiger partial charge is 0.352 e. The summed E-state index contributed by atoms with van der Waals surface area (Å²) in [6.45, 7) is 2.40. The molecule has 0 radical (unpaired) electrons. The lowest BCUT2D eigenvalue weighted by Gasteiger charge is -2.10. The molecule has 6 heteroatoms. The van der Waals surface area contributed by atoms with Crippen LogP contribution in [0.25, 0.3) is 0 Å². The number of halogens is 2. The van der Waals surface area contributed by atoms with Gasteiger partial charge in [0.1, 0.15) is 0 Å². The van der Waals surface area contributed by atoms with Crippen molar-refractivity contribution < 1.29 is 4.79 Å². The number of amides is 1. The van der Waals surface area contributed by atoms with Crippen molar-refractivity contribution in [3.8, 4) is 0 Å². The van der Waals surface area contributed by atoms with Crippen molar-refractivity contribution in [1.29, 1.82) is 0 Å². The van der Waals surface area contributed by atoms with Crippen LogP contribution in [0.3, 0.4) is 0 Å². The van der Waals surface area contributed by atoms with E-state index in [2.05, 4.69) is 33.4 Å². The zero-order valence-corrected chi connectivity index (χ0v) is 14.1. The molecular weight excluding hydrogens is 348 g/mol. The molecule has 3 N–H and O–H groups in total. The number of hydrogen-bond acceptors (Lipinski definition) is 3. The topological polar surface area (TPSA) is 55.1 Å². The second-order valence-corrected chi connectivity index (χ2v) is 6.19. The van der Waals surface area contributed by atoms with E-state index in [9.17, 15) is 4.79 Å². The Hall–Kier alpha value is -0.230. The summed E-state index contributed by atoms with van der Waals surface area (Å²) in [5, 5.41) is 2.86. The van der Waals surface area contributed by atoms with Gasteiger partial charge in [-0.15, -0.1) is 24.2 Å². The summed E-state index contributed by atoms with van der Waals surface area (Å²) in [6.07, 6.45) is 1.44. The molecule has 0 aromatic heterocycles. The van der Waals surface area contributed by atoms with E-state index in [1.165, 1.54) is 4.90 Å². The van der Waals surface area contributed by atoms with Crippen molar-refractivity contribution in [1.82, 2.24) is 5.32 Å². The molecule has 0 fully saturated rings. The van der Waals surface area contributed by atoms with Crippen LogP contribution >= 0.6 is 40.1 Å². The van der Waals surface area contributed by atoms with Crippen LogP contribution in [-0.2, 0) is 4.79 Å². The average molecular weight is 368 g/mol. The molecule has 0 aliphatic rings. The molecule has 0 aliphatic heterocycles. The predicted octanol–water partition coefficient (Wildman–Crippen LogP) is 3.21. The van der Waals surface area contributed by atoms with E-state index in [1.54, 1.807) is 11.8 Å². The number of carbonyl (C=O) groups is 1. The first-order valence-corrected chi connectivity index (χ1v) is 7.77. The molecule has 1 amide bonds.